The van der Waals surface area contributed by atoms with E-state index in [0.29, 0.717) is 6.41 Å². The van der Waals surface area contributed by atoms with Gasteiger partial charge in [0.05, 0.1) is 13.2 Å². The van der Waals surface area contributed by atoms with Gasteiger partial charge in [-0.1, -0.05) is 0 Å². The summed E-state index contributed by atoms with van der Waals surface area (Å²) in [6, 6.07) is 0. The van der Waals surface area contributed by atoms with Gasteiger partial charge in [0.25, 0.3) is 0 Å². The summed E-state index contributed by atoms with van der Waals surface area (Å²) >= 11 is 0. The largest absolute Gasteiger partial charge is 0.469 e. The van der Waals surface area contributed by atoms with E-state index in [1.54, 1.807) is 0 Å². The van der Waals surface area contributed by atoms with Crippen molar-refractivity contribution in [3.8, 4) is 0 Å². The van der Waals surface area contributed by atoms with Crippen LogP contribution in [-0.4, -0.2) is 69.9 Å². The molecule has 4 atom stereocenters. The highest BCUT2D eigenvalue weighted by Gasteiger charge is 2.43. The average molecular weight is 313 g/mol. The first-order valence-electron chi connectivity index (χ1n) is 5.45. The minimum atomic E-state index is -4.71. The van der Waals surface area contributed by atoms with Crippen molar-refractivity contribution in [2.75, 3.05) is 13.2 Å². The molecule has 0 aliphatic carbocycles. The molecular weight excluding hydrogens is 297 g/mol. The molecule has 1 rings (SSSR count). The Morgan fingerprint density at radius 3 is 2.65 bits per heavy atom. The SMILES string of the molecule is N/C(CNC=O)=N\C1OC(COP(=O)(O)O)C(O)C1O. The lowest BCUT2D eigenvalue weighted by Gasteiger charge is -2.14. The predicted molar refractivity (Wildman–Crippen MR) is 64.4 cm³/mol. The van der Waals surface area contributed by atoms with Gasteiger partial charge in [-0.15, -0.1) is 0 Å². The van der Waals surface area contributed by atoms with Gasteiger partial charge in [0, 0.05) is 0 Å². The van der Waals surface area contributed by atoms with Crippen LogP contribution < -0.4 is 11.1 Å². The van der Waals surface area contributed by atoms with Crippen LogP contribution in [-0.2, 0) is 18.6 Å². The Labute approximate surface area is 113 Å². The first-order chi connectivity index (χ1) is 9.24. The molecular formula is C8H16N3O8P. The molecule has 1 aliphatic rings. The van der Waals surface area contributed by atoms with E-state index in [1.807, 2.05) is 0 Å². The van der Waals surface area contributed by atoms with Crippen LogP contribution in [0.15, 0.2) is 4.99 Å². The number of nitrogens with zero attached hydrogens (tertiary/aromatic N) is 1. The van der Waals surface area contributed by atoms with E-state index in [0.717, 1.165) is 0 Å². The highest BCUT2D eigenvalue weighted by Crippen LogP contribution is 2.37. The van der Waals surface area contributed by atoms with Gasteiger partial charge < -0.3 is 35.8 Å². The summed E-state index contributed by atoms with van der Waals surface area (Å²) in [7, 11) is -4.71. The number of amides is 1. The lowest BCUT2D eigenvalue weighted by Crippen LogP contribution is -2.35. The number of aliphatic hydroxyl groups is 2. The smallest absolute Gasteiger partial charge is 0.387 e. The second-order valence-corrected chi connectivity index (χ2v) is 5.19. The number of aliphatic hydroxyl groups excluding tert-OH is 2. The number of hydrogen-bond donors (Lipinski definition) is 6. The van der Waals surface area contributed by atoms with E-state index in [2.05, 4.69) is 14.8 Å². The summed E-state index contributed by atoms with van der Waals surface area (Å²) in [5.74, 6) is -0.0510. The molecule has 20 heavy (non-hydrogen) atoms. The number of nitrogens with two attached hydrogens (primary N) is 1. The molecule has 1 amide bonds. The number of aliphatic imine (C=N–C) groups is 1. The molecule has 0 aromatic rings. The minimum absolute atomic E-state index is 0.0510. The highest BCUT2D eigenvalue weighted by molar-refractivity contribution is 7.46. The molecule has 1 fully saturated rings. The maximum atomic E-state index is 10.5. The fourth-order valence-corrected chi connectivity index (χ4v) is 1.84. The monoisotopic (exact) mass is 313 g/mol. The van der Waals surface area contributed by atoms with E-state index in [1.165, 1.54) is 0 Å². The summed E-state index contributed by atoms with van der Waals surface area (Å²) in [5.41, 5.74) is 5.44. The molecule has 4 unspecified atom stereocenters. The highest BCUT2D eigenvalue weighted by atomic mass is 31.2. The third-order valence-electron chi connectivity index (χ3n) is 2.40. The van der Waals surface area contributed by atoms with Crippen molar-refractivity contribution in [1.29, 1.82) is 0 Å². The zero-order chi connectivity index (χ0) is 15.3. The lowest BCUT2D eigenvalue weighted by molar-refractivity contribution is -0.109. The maximum absolute atomic E-state index is 10.5. The number of carbonyl (C=O) groups is 1. The average Bonchev–Trinajstić information content (AvgIpc) is 2.61. The molecule has 11 nitrogen and oxygen atoms in total. The summed E-state index contributed by atoms with van der Waals surface area (Å²) in [6.07, 6.45) is -4.86. The summed E-state index contributed by atoms with van der Waals surface area (Å²) in [5, 5.41) is 21.5. The van der Waals surface area contributed by atoms with Gasteiger partial charge in [-0.2, -0.15) is 0 Å². The normalized spacial score (nSPS) is 31.3. The third-order valence-corrected chi connectivity index (χ3v) is 2.89. The number of carbonyl (C=O) groups excluding carboxylic acids is 1. The van der Waals surface area contributed by atoms with Crippen LogP contribution in [0.25, 0.3) is 0 Å². The fourth-order valence-electron chi connectivity index (χ4n) is 1.50. The molecule has 0 radical (unpaired) electrons. The van der Waals surface area contributed by atoms with Crippen molar-refractivity contribution in [2.45, 2.75) is 24.5 Å². The molecule has 0 spiro atoms. The fraction of sp³-hybridized carbons (Fsp3) is 0.750. The first kappa shape index (κ1) is 17.0. The second kappa shape index (κ2) is 7.09. The Balaban J connectivity index is 2.59. The van der Waals surface area contributed by atoms with Crippen LogP contribution >= 0.6 is 7.82 Å². The van der Waals surface area contributed by atoms with Crippen molar-refractivity contribution < 1.29 is 38.6 Å². The van der Waals surface area contributed by atoms with Gasteiger partial charge in [0.15, 0.2) is 6.23 Å². The van der Waals surface area contributed by atoms with E-state index < -0.39 is 39.0 Å². The van der Waals surface area contributed by atoms with Gasteiger partial charge in [0.2, 0.25) is 6.41 Å². The zero-order valence-electron chi connectivity index (χ0n) is 10.2. The van der Waals surface area contributed by atoms with Crippen LogP contribution in [0.2, 0.25) is 0 Å². The van der Waals surface area contributed by atoms with Crippen LogP contribution in [0.4, 0.5) is 0 Å². The topological polar surface area (TPSA) is 184 Å². The Morgan fingerprint density at radius 1 is 1.45 bits per heavy atom. The van der Waals surface area contributed by atoms with Crippen molar-refractivity contribution in [3.63, 3.8) is 0 Å². The van der Waals surface area contributed by atoms with Crippen molar-refractivity contribution >= 4 is 20.1 Å². The van der Waals surface area contributed by atoms with E-state index in [9.17, 15) is 19.6 Å². The third kappa shape index (κ3) is 5.13. The van der Waals surface area contributed by atoms with Gasteiger partial charge in [0.1, 0.15) is 24.1 Å². The number of rotatable bonds is 7. The Bertz CT molecular complexity index is 413. The number of nitrogens with one attached hydrogen (secondary N) is 1. The van der Waals surface area contributed by atoms with Crippen LogP contribution in [0.5, 0.6) is 0 Å². The Hall–Kier alpha value is -1.07. The maximum Gasteiger partial charge on any atom is 0.469 e. The summed E-state index contributed by atoms with van der Waals surface area (Å²) in [4.78, 5) is 30.9. The molecule has 1 aliphatic heterocycles. The van der Waals surface area contributed by atoms with Crippen molar-refractivity contribution in [1.82, 2.24) is 5.32 Å². The van der Waals surface area contributed by atoms with Crippen molar-refractivity contribution in [2.24, 2.45) is 10.7 Å². The molecule has 116 valence electrons. The number of phosphoric acid groups is 1. The number of phosphoric ester groups is 1. The molecule has 1 saturated heterocycles. The van der Waals surface area contributed by atoms with Gasteiger partial charge >= 0.3 is 7.82 Å². The first-order valence-corrected chi connectivity index (χ1v) is 6.98. The molecule has 0 saturated carbocycles. The van der Waals surface area contributed by atoms with Crippen molar-refractivity contribution in [3.05, 3.63) is 0 Å². The minimum Gasteiger partial charge on any atom is -0.387 e. The quantitative estimate of drug-likeness (QED) is 0.121. The van der Waals surface area contributed by atoms with Crippen LogP contribution in [0.3, 0.4) is 0 Å². The molecule has 0 bridgehead atoms. The second-order valence-electron chi connectivity index (χ2n) is 3.95. The standard InChI is InChI=1S/C8H16N3O8P/c9-5(1-10-3-12)11-8-7(14)6(13)4(19-8)2-18-20(15,16)17/h3-4,6-8,13-14H,1-2H2,(H2,9,11)(H,10,12)(H2,15,16,17). The van der Waals surface area contributed by atoms with Crippen LogP contribution in [0, 0.1) is 0 Å². The predicted octanol–water partition coefficient (Wildman–Crippen LogP) is -3.35. The Kier molecular flexibility index (Phi) is 6.02. The summed E-state index contributed by atoms with van der Waals surface area (Å²) < 4.78 is 19.8. The summed E-state index contributed by atoms with van der Waals surface area (Å²) in [6.45, 7) is -0.698. The van der Waals surface area contributed by atoms with Gasteiger partial charge in [-0.05, 0) is 0 Å². The van der Waals surface area contributed by atoms with E-state index in [4.69, 9.17) is 20.3 Å². The van der Waals surface area contributed by atoms with Gasteiger partial charge in [-0.3, -0.25) is 9.32 Å². The van der Waals surface area contributed by atoms with Crippen LogP contribution in [0.1, 0.15) is 0 Å². The molecule has 7 N–H and O–H groups in total. The van der Waals surface area contributed by atoms with E-state index >= 15 is 0 Å². The van der Waals surface area contributed by atoms with E-state index in [-0.39, 0.29) is 12.4 Å². The number of hydrogen-bond acceptors (Lipinski definition) is 7. The molecule has 0 aromatic carbocycles. The van der Waals surface area contributed by atoms with Gasteiger partial charge in [-0.25, -0.2) is 9.56 Å². The Morgan fingerprint density at radius 2 is 2.10 bits per heavy atom. The molecule has 12 heteroatoms. The number of ether oxygens (including phenoxy) is 1. The lowest BCUT2D eigenvalue weighted by atomic mass is 10.1. The molecule has 1 heterocycles. The molecule has 0 aromatic heterocycles. The number of amidine groups is 1. The zero-order valence-corrected chi connectivity index (χ0v) is 11.1.